The van der Waals surface area contributed by atoms with E-state index in [0.717, 1.165) is 5.41 Å². The standard InChI is InChI=1S/C12H14ClNO5S/c13-10-3-1-9(2-4-10)6-8-20(18,19)14-7-5-11(15)12(16)17/h1-4,6,8,11,14-15H,5,7H2,(H,16,17)/b8-6+/t11-/m0/s1. The van der Waals surface area contributed by atoms with E-state index in [9.17, 15) is 13.2 Å². The maximum absolute atomic E-state index is 11.6. The number of aliphatic hydroxyl groups is 1. The van der Waals surface area contributed by atoms with Crippen LogP contribution in [0.4, 0.5) is 0 Å². The van der Waals surface area contributed by atoms with Crippen molar-refractivity contribution in [3.63, 3.8) is 0 Å². The lowest BCUT2D eigenvalue weighted by atomic mass is 10.2. The van der Waals surface area contributed by atoms with Crippen molar-refractivity contribution >= 4 is 33.7 Å². The number of sulfonamides is 1. The van der Waals surface area contributed by atoms with Crippen molar-refractivity contribution in [3.8, 4) is 0 Å². The van der Waals surface area contributed by atoms with Crippen molar-refractivity contribution in [3.05, 3.63) is 40.3 Å². The minimum atomic E-state index is -3.68. The largest absolute Gasteiger partial charge is 0.479 e. The van der Waals surface area contributed by atoms with Gasteiger partial charge in [-0.2, -0.15) is 0 Å². The molecular formula is C12H14ClNO5S. The number of hydrogen-bond donors (Lipinski definition) is 3. The summed E-state index contributed by atoms with van der Waals surface area (Å²) in [6, 6.07) is 6.57. The van der Waals surface area contributed by atoms with Gasteiger partial charge in [0.1, 0.15) is 0 Å². The van der Waals surface area contributed by atoms with E-state index in [1.54, 1.807) is 24.3 Å². The first-order valence-electron chi connectivity index (χ1n) is 5.64. The third-order valence-corrected chi connectivity index (χ3v) is 3.67. The van der Waals surface area contributed by atoms with Gasteiger partial charge in [-0.25, -0.2) is 17.9 Å². The molecule has 0 unspecified atom stereocenters. The SMILES string of the molecule is O=C(O)[C@@H](O)CCNS(=O)(=O)/C=C/c1ccc(Cl)cc1. The van der Waals surface area contributed by atoms with Gasteiger partial charge in [0.15, 0.2) is 6.10 Å². The number of rotatable bonds is 7. The van der Waals surface area contributed by atoms with E-state index in [1.165, 1.54) is 6.08 Å². The molecular weight excluding hydrogens is 306 g/mol. The Balaban J connectivity index is 2.53. The number of nitrogens with one attached hydrogen (secondary N) is 1. The molecule has 20 heavy (non-hydrogen) atoms. The van der Waals surface area contributed by atoms with Crippen molar-refractivity contribution < 1.29 is 23.4 Å². The van der Waals surface area contributed by atoms with Gasteiger partial charge < -0.3 is 10.2 Å². The molecule has 0 aliphatic carbocycles. The van der Waals surface area contributed by atoms with Crippen LogP contribution in [0.3, 0.4) is 0 Å². The zero-order chi connectivity index (χ0) is 15.2. The van der Waals surface area contributed by atoms with Crippen LogP contribution in [0.2, 0.25) is 5.02 Å². The van der Waals surface area contributed by atoms with Crippen LogP contribution < -0.4 is 4.72 Å². The van der Waals surface area contributed by atoms with E-state index < -0.39 is 22.1 Å². The van der Waals surface area contributed by atoms with Gasteiger partial charge in [-0.05, 0) is 30.2 Å². The summed E-state index contributed by atoms with van der Waals surface area (Å²) in [4.78, 5) is 10.3. The summed E-state index contributed by atoms with van der Waals surface area (Å²) in [5.74, 6) is -1.39. The number of halogens is 1. The minimum absolute atomic E-state index is 0.166. The van der Waals surface area contributed by atoms with E-state index in [1.807, 2.05) is 0 Å². The Labute approximate surface area is 121 Å². The topological polar surface area (TPSA) is 104 Å². The number of carbonyl (C=O) groups is 1. The fourth-order valence-corrected chi connectivity index (χ4v) is 2.21. The maximum atomic E-state index is 11.6. The predicted molar refractivity (Wildman–Crippen MR) is 75.7 cm³/mol. The third-order valence-electron chi connectivity index (χ3n) is 2.32. The molecule has 3 N–H and O–H groups in total. The molecule has 1 aromatic carbocycles. The lowest BCUT2D eigenvalue weighted by Gasteiger charge is -2.05. The highest BCUT2D eigenvalue weighted by Crippen LogP contribution is 2.11. The number of benzene rings is 1. The zero-order valence-electron chi connectivity index (χ0n) is 10.4. The summed E-state index contributed by atoms with van der Waals surface area (Å²) in [6.45, 7) is -0.166. The molecule has 0 heterocycles. The number of carboxylic acid groups (broad SMARTS) is 1. The van der Waals surface area contributed by atoms with Crippen LogP contribution in [0.1, 0.15) is 12.0 Å². The van der Waals surface area contributed by atoms with Gasteiger partial charge in [0.25, 0.3) is 0 Å². The van der Waals surface area contributed by atoms with Crippen LogP contribution in [0.15, 0.2) is 29.7 Å². The summed E-state index contributed by atoms with van der Waals surface area (Å²) in [5, 5.41) is 18.9. The van der Waals surface area contributed by atoms with Crippen LogP contribution in [-0.2, 0) is 14.8 Å². The van der Waals surface area contributed by atoms with Gasteiger partial charge in [0.2, 0.25) is 10.0 Å². The predicted octanol–water partition coefficient (Wildman–Crippen LogP) is 1.07. The van der Waals surface area contributed by atoms with Gasteiger partial charge in [-0.1, -0.05) is 23.7 Å². The molecule has 0 bridgehead atoms. The van der Waals surface area contributed by atoms with Crippen molar-refractivity contribution in [1.29, 1.82) is 0 Å². The average molecular weight is 320 g/mol. The molecule has 0 saturated carbocycles. The first kappa shape index (κ1) is 16.6. The lowest BCUT2D eigenvalue weighted by molar-refractivity contribution is -0.146. The van der Waals surface area contributed by atoms with E-state index in [-0.39, 0.29) is 13.0 Å². The molecule has 0 aliphatic heterocycles. The van der Waals surface area contributed by atoms with Crippen LogP contribution in [0.25, 0.3) is 6.08 Å². The van der Waals surface area contributed by atoms with Crippen LogP contribution >= 0.6 is 11.6 Å². The Morgan fingerprint density at radius 3 is 2.50 bits per heavy atom. The monoisotopic (exact) mass is 319 g/mol. The molecule has 1 rings (SSSR count). The van der Waals surface area contributed by atoms with Gasteiger partial charge in [0.05, 0.1) is 0 Å². The molecule has 0 amide bonds. The van der Waals surface area contributed by atoms with Crippen molar-refractivity contribution in [2.75, 3.05) is 6.54 Å². The molecule has 0 saturated heterocycles. The summed E-state index contributed by atoms with van der Waals surface area (Å²) in [7, 11) is -3.68. The third kappa shape index (κ3) is 6.16. The fourth-order valence-electron chi connectivity index (χ4n) is 1.25. The van der Waals surface area contributed by atoms with E-state index in [2.05, 4.69) is 4.72 Å². The lowest BCUT2D eigenvalue weighted by Crippen LogP contribution is -2.28. The second-order valence-electron chi connectivity index (χ2n) is 3.94. The molecule has 6 nitrogen and oxygen atoms in total. The molecule has 1 atom stereocenters. The van der Waals surface area contributed by atoms with Crippen molar-refractivity contribution in [2.45, 2.75) is 12.5 Å². The Morgan fingerprint density at radius 1 is 1.35 bits per heavy atom. The molecule has 8 heteroatoms. The summed E-state index contributed by atoms with van der Waals surface area (Å²) >= 11 is 5.70. The summed E-state index contributed by atoms with van der Waals surface area (Å²) in [6.07, 6.45) is -0.409. The molecule has 110 valence electrons. The van der Waals surface area contributed by atoms with E-state index >= 15 is 0 Å². The zero-order valence-corrected chi connectivity index (χ0v) is 11.9. The van der Waals surface area contributed by atoms with Crippen LogP contribution in [-0.4, -0.2) is 37.2 Å². The Morgan fingerprint density at radius 2 is 1.95 bits per heavy atom. The smallest absolute Gasteiger partial charge is 0.332 e. The molecule has 0 spiro atoms. The van der Waals surface area contributed by atoms with Crippen molar-refractivity contribution in [1.82, 2.24) is 4.72 Å². The number of aliphatic hydroxyl groups excluding tert-OH is 1. The number of aliphatic carboxylic acids is 1. The summed E-state index contributed by atoms with van der Waals surface area (Å²) in [5.41, 5.74) is 0.658. The minimum Gasteiger partial charge on any atom is -0.479 e. The first-order valence-corrected chi connectivity index (χ1v) is 7.57. The van der Waals surface area contributed by atoms with E-state index in [4.69, 9.17) is 21.8 Å². The highest BCUT2D eigenvalue weighted by molar-refractivity contribution is 7.92. The second kappa shape index (κ2) is 7.39. The molecule has 0 fully saturated rings. The highest BCUT2D eigenvalue weighted by Gasteiger charge is 2.13. The van der Waals surface area contributed by atoms with Crippen molar-refractivity contribution in [2.24, 2.45) is 0 Å². The van der Waals surface area contributed by atoms with Gasteiger partial charge in [0, 0.05) is 17.0 Å². The normalized spacial score (nSPS) is 13.5. The quantitative estimate of drug-likeness (QED) is 0.697. The Hall–Kier alpha value is -1.41. The fraction of sp³-hybridized carbons (Fsp3) is 0.250. The van der Waals surface area contributed by atoms with Gasteiger partial charge in [-0.15, -0.1) is 0 Å². The Kier molecular flexibility index (Phi) is 6.15. The van der Waals surface area contributed by atoms with Gasteiger partial charge >= 0.3 is 5.97 Å². The maximum Gasteiger partial charge on any atom is 0.332 e. The first-order chi connectivity index (χ1) is 9.30. The molecule has 0 aromatic heterocycles. The van der Waals surface area contributed by atoms with Crippen LogP contribution in [0, 0.1) is 0 Å². The average Bonchev–Trinajstić information content (AvgIpc) is 2.37. The summed E-state index contributed by atoms with van der Waals surface area (Å²) < 4.78 is 25.3. The molecule has 1 aromatic rings. The van der Waals surface area contributed by atoms with Gasteiger partial charge in [-0.3, -0.25) is 0 Å². The Bertz CT molecular complexity index is 582. The number of hydrogen-bond acceptors (Lipinski definition) is 4. The van der Waals surface area contributed by atoms with E-state index in [0.29, 0.717) is 10.6 Å². The van der Waals surface area contributed by atoms with Crippen LogP contribution in [0.5, 0.6) is 0 Å². The number of carboxylic acids is 1. The highest BCUT2D eigenvalue weighted by atomic mass is 35.5. The molecule has 0 radical (unpaired) electrons. The second-order valence-corrected chi connectivity index (χ2v) is 6.02. The molecule has 0 aliphatic rings.